The van der Waals surface area contributed by atoms with E-state index < -0.39 is 97.5 Å². The molecule has 0 aliphatic carbocycles. The lowest BCUT2D eigenvalue weighted by Crippen LogP contribution is -2.30. The highest BCUT2D eigenvalue weighted by molar-refractivity contribution is 7.47. The van der Waals surface area contributed by atoms with Gasteiger partial charge in [0.1, 0.15) is 19.3 Å². The highest BCUT2D eigenvalue weighted by Crippen LogP contribution is 2.45. The van der Waals surface area contributed by atoms with Crippen LogP contribution in [0.2, 0.25) is 0 Å². The standard InChI is InChI=1S/C93H182O17P2/c1-9-85(7)71-63-55-46-40-34-28-22-15-11-13-17-24-30-36-42-48-57-65-73-90(95)103-79-88(109-92(97)75-67-59-49-43-37-31-25-18-14-12-16-23-29-35-41-47-56-64-72-86(8)10-2)81-107-111(99,100)105-77-87(94)78-106-112(101,102)108-82-89(80-104-91(96)74-66-58-52-51-54-62-70-84(5)6)110-93(98)76-68-60-50-44-38-32-26-20-19-21-27-33-39-45-53-61-69-83(3)4/h83-89,94H,9-82H2,1-8H3,(H,99,100)(H,101,102)/t85?,86?,87?,88-,89-/m1/s1. The summed E-state index contributed by atoms with van der Waals surface area (Å²) >= 11 is 0. The van der Waals surface area contributed by atoms with Gasteiger partial charge in [0.15, 0.2) is 12.2 Å². The molecule has 19 heteroatoms. The molecule has 5 unspecified atom stereocenters. The summed E-state index contributed by atoms with van der Waals surface area (Å²) in [5.74, 6) is 1.13. The van der Waals surface area contributed by atoms with Crippen LogP contribution in [0.15, 0.2) is 0 Å². The fourth-order valence-electron chi connectivity index (χ4n) is 14.5. The van der Waals surface area contributed by atoms with E-state index in [1.807, 2.05) is 0 Å². The Morgan fingerprint density at radius 3 is 0.634 bits per heavy atom. The number of carbonyl (C=O) groups excluding carboxylic acids is 4. The Morgan fingerprint density at radius 1 is 0.250 bits per heavy atom. The number of carbonyl (C=O) groups is 4. The van der Waals surface area contributed by atoms with Crippen molar-refractivity contribution in [2.24, 2.45) is 23.7 Å². The van der Waals surface area contributed by atoms with E-state index in [-0.39, 0.29) is 25.7 Å². The Kier molecular flexibility index (Phi) is 80.0. The SMILES string of the molecule is CCC(C)CCCCCCCCCCCCCCCCCCCCC(=O)OC[C@H](COP(=O)(O)OCC(O)COP(=O)(O)OC[C@@H](COC(=O)CCCCCCCCC(C)C)OC(=O)CCCCCCCCCCCCCCCCCCC(C)C)OC(=O)CCCCCCCCCCCCCCCCCCCCC(C)CC. The van der Waals surface area contributed by atoms with Crippen LogP contribution in [0.3, 0.4) is 0 Å². The molecule has 0 aliphatic heterocycles. The van der Waals surface area contributed by atoms with Crippen molar-refractivity contribution in [2.45, 2.75) is 510 Å². The molecule has 0 amide bonds. The molecule has 0 bridgehead atoms. The number of hydrogen-bond acceptors (Lipinski definition) is 15. The minimum Gasteiger partial charge on any atom is -0.462 e. The van der Waals surface area contributed by atoms with Crippen LogP contribution in [0.1, 0.15) is 492 Å². The lowest BCUT2D eigenvalue weighted by Gasteiger charge is -2.21. The second-order valence-corrected chi connectivity index (χ2v) is 37.7. The summed E-state index contributed by atoms with van der Waals surface area (Å²) in [6, 6.07) is 0. The molecular formula is C93H182O17P2. The second-order valence-electron chi connectivity index (χ2n) is 34.8. The molecule has 0 spiro atoms. The smallest absolute Gasteiger partial charge is 0.462 e. The van der Waals surface area contributed by atoms with Crippen molar-refractivity contribution in [3.05, 3.63) is 0 Å². The van der Waals surface area contributed by atoms with Gasteiger partial charge in [0, 0.05) is 25.7 Å². The summed E-state index contributed by atoms with van der Waals surface area (Å²) in [6.07, 6.45) is 73.9. The van der Waals surface area contributed by atoms with Crippen LogP contribution < -0.4 is 0 Å². The van der Waals surface area contributed by atoms with E-state index >= 15 is 0 Å². The maximum Gasteiger partial charge on any atom is 0.472 e. The van der Waals surface area contributed by atoms with E-state index in [0.717, 1.165) is 114 Å². The Balaban J connectivity index is 5.20. The number of phosphoric ester groups is 2. The van der Waals surface area contributed by atoms with E-state index in [4.69, 9.17) is 37.0 Å². The van der Waals surface area contributed by atoms with Gasteiger partial charge in [0.25, 0.3) is 0 Å². The third-order valence-corrected chi connectivity index (χ3v) is 24.4. The van der Waals surface area contributed by atoms with Crippen molar-refractivity contribution >= 4 is 39.5 Å². The monoisotopic (exact) mass is 1630 g/mol. The molecular weight excluding hydrogens is 1450 g/mol. The van der Waals surface area contributed by atoms with Gasteiger partial charge in [-0.05, 0) is 49.4 Å². The van der Waals surface area contributed by atoms with Crippen molar-refractivity contribution < 1.29 is 80.2 Å². The molecule has 0 aromatic heterocycles. The van der Waals surface area contributed by atoms with Crippen molar-refractivity contribution in [3.63, 3.8) is 0 Å². The van der Waals surface area contributed by atoms with Gasteiger partial charge in [-0.3, -0.25) is 37.3 Å². The highest BCUT2D eigenvalue weighted by atomic mass is 31.2. The van der Waals surface area contributed by atoms with Crippen molar-refractivity contribution in [1.29, 1.82) is 0 Å². The fraction of sp³-hybridized carbons (Fsp3) is 0.957. The van der Waals surface area contributed by atoms with E-state index in [2.05, 4.69) is 55.4 Å². The molecule has 0 radical (unpaired) electrons. The first-order chi connectivity index (χ1) is 54.2. The van der Waals surface area contributed by atoms with Crippen molar-refractivity contribution in [1.82, 2.24) is 0 Å². The zero-order valence-corrected chi connectivity index (χ0v) is 76.1. The average molecular weight is 1630 g/mol. The largest absolute Gasteiger partial charge is 0.472 e. The first kappa shape index (κ1) is 110. The first-order valence-electron chi connectivity index (χ1n) is 47.8. The second kappa shape index (κ2) is 81.4. The highest BCUT2D eigenvalue weighted by Gasteiger charge is 2.31. The molecule has 0 rings (SSSR count). The molecule has 17 nitrogen and oxygen atoms in total. The summed E-state index contributed by atoms with van der Waals surface area (Å²) < 4.78 is 69.0. The lowest BCUT2D eigenvalue weighted by atomic mass is 9.99. The van der Waals surface area contributed by atoms with Crippen LogP contribution in [0.4, 0.5) is 0 Å². The van der Waals surface area contributed by atoms with Crippen LogP contribution in [0.25, 0.3) is 0 Å². The van der Waals surface area contributed by atoms with Gasteiger partial charge in [-0.1, -0.05) is 441 Å². The molecule has 0 aromatic rings. The van der Waals surface area contributed by atoms with Gasteiger partial charge >= 0.3 is 39.5 Å². The molecule has 0 aliphatic rings. The van der Waals surface area contributed by atoms with Crippen LogP contribution in [-0.4, -0.2) is 96.7 Å². The number of hydrogen-bond donors (Lipinski definition) is 3. The molecule has 0 aromatic carbocycles. The lowest BCUT2D eigenvalue weighted by molar-refractivity contribution is -0.161. The normalized spacial score (nSPS) is 14.3. The fourth-order valence-corrected chi connectivity index (χ4v) is 16.1. The minimum atomic E-state index is -4.97. The Labute approximate surface area is 689 Å². The van der Waals surface area contributed by atoms with E-state index in [0.29, 0.717) is 31.6 Å². The number of rotatable bonds is 90. The molecule has 7 atom stereocenters. The number of phosphoric acid groups is 2. The van der Waals surface area contributed by atoms with E-state index in [9.17, 15) is 43.2 Å². The van der Waals surface area contributed by atoms with Gasteiger partial charge < -0.3 is 33.8 Å². The average Bonchev–Trinajstić information content (AvgIpc) is 0.896. The quantitative estimate of drug-likeness (QED) is 0.0222. The van der Waals surface area contributed by atoms with Crippen molar-refractivity contribution in [2.75, 3.05) is 39.6 Å². The van der Waals surface area contributed by atoms with Crippen LogP contribution in [0.5, 0.6) is 0 Å². The molecule has 0 saturated heterocycles. The Morgan fingerprint density at radius 2 is 0.429 bits per heavy atom. The van der Waals surface area contributed by atoms with Gasteiger partial charge in [0.2, 0.25) is 0 Å². The number of aliphatic hydroxyl groups excluding tert-OH is 1. The van der Waals surface area contributed by atoms with E-state index in [1.165, 1.54) is 289 Å². The van der Waals surface area contributed by atoms with Gasteiger partial charge in [-0.2, -0.15) is 0 Å². The molecule has 0 saturated carbocycles. The summed E-state index contributed by atoms with van der Waals surface area (Å²) in [5.41, 5.74) is 0. The van der Waals surface area contributed by atoms with Crippen LogP contribution in [-0.2, 0) is 65.4 Å². The topological polar surface area (TPSA) is 237 Å². The predicted octanol–water partition coefficient (Wildman–Crippen LogP) is 28.7. The number of ether oxygens (including phenoxy) is 4. The van der Waals surface area contributed by atoms with Gasteiger partial charge in [-0.25, -0.2) is 9.13 Å². The maximum atomic E-state index is 13.2. The predicted molar refractivity (Wildman–Crippen MR) is 464 cm³/mol. The van der Waals surface area contributed by atoms with Crippen molar-refractivity contribution in [3.8, 4) is 0 Å². The third-order valence-electron chi connectivity index (χ3n) is 22.5. The minimum absolute atomic E-state index is 0.107. The number of unbranched alkanes of at least 4 members (excludes halogenated alkanes) is 54. The molecule has 666 valence electrons. The Bertz CT molecular complexity index is 2170. The van der Waals surface area contributed by atoms with E-state index in [1.54, 1.807) is 0 Å². The summed E-state index contributed by atoms with van der Waals surface area (Å²) in [6.45, 7) is 14.4. The summed E-state index contributed by atoms with van der Waals surface area (Å²) in [7, 11) is -9.94. The first-order valence-corrected chi connectivity index (χ1v) is 50.8. The zero-order valence-electron chi connectivity index (χ0n) is 74.3. The summed E-state index contributed by atoms with van der Waals surface area (Å²) in [5, 5.41) is 10.7. The molecule has 0 heterocycles. The number of aliphatic hydroxyl groups is 1. The summed E-state index contributed by atoms with van der Waals surface area (Å²) in [4.78, 5) is 73.4. The van der Waals surface area contributed by atoms with Crippen LogP contribution >= 0.6 is 15.6 Å². The third kappa shape index (κ3) is 83.1. The van der Waals surface area contributed by atoms with Gasteiger partial charge in [-0.15, -0.1) is 0 Å². The van der Waals surface area contributed by atoms with Crippen LogP contribution in [0, 0.1) is 23.7 Å². The molecule has 3 N–H and O–H groups in total. The maximum absolute atomic E-state index is 13.2. The Hall–Kier alpha value is -1.94. The van der Waals surface area contributed by atoms with Gasteiger partial charge in [0.05, 0.1) is 26.4 Å². The number of esters is 4. The molecule has 0 fully saturated rings. The molecule has 112 heavy (non-hydrogen) atoms. The zero-order chi connectivity index (χ0) is 82.3.